The van der Waals surface area contributed by atoms with Crippen LogP contribution >= 0.6 is 0 Å². The van der Waals surface area contributed by atoms with Crippen LogP contribution in [0.5, 0.6) is 0 Å². The van der Waals surface area contributed by atoms with Gasteiger partial charge in [0.1, 0.15) is 0 Å². The van der Waals surface area contributed by atoms with Crippen LogP contribution in [0.1, 0.15) is 34.6 Å². The number of ether oxygens (including phenoxy) is 1. The summed E-state index contributed by atoms with van der Waals surface area (Å²) >= 11 is 0. The molecular formula is C13H30N2O. The average Bonchev–Trinajstić information content (AvgIpc) is 2.19. The zero-order chi connectivity index (χ0) is 12.6. The summed E-state index contributed by atoms with van der Waals surface area (Å²) in [5.74, 6) is 0. The molecule has 3 heteroatoms. The molecule has 0 bridgehead atoms. The summed E-state index contributed by atoms with van der Waals surface area (Å²) in [4.78, 5) is 4.73. The highest BCUT2D eigenvalue weighted by atomic mass is 16.5. The van der Waals surface area contributed by atoms with E-state index in [1.807, 2.05) is 0 Å². The van der Waals surface area contributed by atoms with Gasteiger partial charge in [0.15, 0.2) is 0 Å². The monoisotopic (exact) mass is 230 g/mol. The first-order valence-corrected chi connectivity index (χ1v) is 6.51. The molecule has 1 heterocycles. The molecule has 0 amide bonds. The van der Waals surface area contributed by atoms with Gasteiger partial charge in [0.2, 0.25) is 0 Å². The predicted octanol–water partition coefficient (Wildman–Crippen LogP) is 2.07. The van der Waals surface area contributed by atoms with Gasteiger partial charge in [-0.1, -0.05) is 6.92 Å². The maximum atomic E-state index is 5.10. The predicted molar refractivity (Wildman–Crippen MR) is 71.0 cm³/mol. The minimum Gasteiger partial charge on any atom is -0.379 e. The molecule has 98 valence electrons. The molecule has 0 saturated carbocycles. The molecule has 0 unspecified atom stereocenters. The smallest absolute Gasteiger partial charge is 0.0594 e. The van der Waals surface area contributed by atoms with Crippen LogP contribution < -0.4 is 0 Å². The Labute approximate surface area is 102 Å². The highest BCUT2D eigenvalue weighted by molar-refractivity contribution is 4.64. The molecule has 1 saturated heterocycles. The third-order valence-electron chi connectivity index (χ3n) is 2.93. The molecule has 1 fully saturated rings. The molecule has 1 aliphatic rings. The van der Waals surface area contributed by atoms with Gasteiger partial charge in [-0.05, 0) is 41.3 Å². The Morgan fingerprint density at radius 1 is 1.06 bits per heavy atom. The number of likely N-dealkylation sites (N-methyl/N-ethyl adjacent to an activating group) is 1. The van der Waals surface area contributed by atoms with E-state index in [0.29, 0.717) is 12.1 Å². The van der Waals surface area contributed by atoms with E-state index in [1.165, 1.54) is 0 Å². The fraction of sp³-hybridized carbons (Fsp3) is 1.00. The van der Waals surface area contributed by atoms with Crippen molar-refractivity contribution in [2.45, 2.75) is 46.7 Å². The molecule has 0 aliphatic carbocycles. The highest BCUT2D eigenvalue weighted by Gasteiger charge is 2.09. The van der Waals surface area contributed by atoms with Crippen molar-refractivity contribution in [2.75, 3.05) is 39.9 Å². The Morgan fingerprint density at radius 2 is 1.50 bits per heavy atom. The van der Waals surface area contributed by atoms with Crippen LogP contribution in [0, 0.1) is 0 Å². The number of rotatable bonds is 3. The van der Waals surface area contributed by atoms with E-state index in [2.05, 4.69) is 51.5 Å². The molecule has 1 rings (SSSR count). The molecule has 0 N–H and O–H groups in total. The molecule has 0 aromatic heterocycles. The van der Waals surface area contributed by atoms with Gasteiger partial charge in [-0.25, -0.2) is 0 Å². The summed E-state index contributed by atoms with van der Waals surface area (Å²) in [6.45, 7) is 16.3. The number of morpholine rings is 1. The lowest BCUT2D eigenvalue weighted by molar-refractivity contribution is 0.0503. The van der Waals surface area contributed by atoms with E-state index in [9.17, 15) is 0 Å². The lowest BCUT2D eigenvalue weighted by Gasteiger charge is -2.28. The highest BCUT2D eigenvalue weighted by Crippen LogP contribution is 2.02. The van der Waals surface area contributed by atoms with Crippen LogP contribution in [0.3, 0.4) is 0 Å². The van der Waals surface area contributed by atoms with E-state index in [-0.39, 0.29) is 0 Å². The van der Waals surface area contributed by atoms with Crippen LogP contribution in [0.2, 0.25) is 0 Å². The van der Waals surface area contributed by atoms with E-state index in [0.717, 1.165) is 32.8 Å². The summed E-state index contributed by atoms with van der Waals surface area (Å²) in [5, 5.41) is 0. The maximum Gasteiger partial charge on any atom is 0.0594 e. The first-order valence-electron chi connectivity index (χ1n) is 6.51. The van der Waals surface area contributed by atoms with Gasteiger partial charge in [0.25, 0.3) is 0 Å². The van der Waals surface area contributed by atoms with Gasteiger partial charge >= 0.3 is 0 Å². The number of hydrogen-bond acceptors (Lipinski definition) is 3. The van der Waals surface area contributed by atoms with E-state index < -0.39 is 0 Å². The Balaban J connectivity index is 0.000000288. The van der Waals surface area contributed by atoms with Gasteiger partial charge < -0.3 is 9.64 Å². The van der Waals surface area contributed by atoms with Gasteiger partial charge in [-0.3, -0.25) is 4.90 Å². The lowest BCUT2D eigenvalue weighted by Crippen LogP contribution is -2.36. The fourth-order valence-corrected chi connectivity index (χ4v) is 1.98. The van der Waals surface area contributed by atoms with Gasteiger partial charge in [0, 0.05) is 25.2 Å². The van der Waals surface area contributed by atoms with Crippen molar-refractivity contribution in [3.63, 3.8) is 0 Å². The third kappa shape index (κ3) is 7.20. The molecule has 0 atom stereocenters. The molecule has 0 radical (unpaired) electrons. The van der Waals surface area contributed by atoms with Crippen molar-refractivity contribution < 1.29 is 4.74 Å². The average molecular weight is 230 g/mol. The quantitative estimate of drug-likeness (QED) is 0.738. The van der Waals surface area contributed by atoms with Crippen molar-refractivity contribution in [2.24, 2.45) is 0 Å². The van der Waals surface area contributed by atoms with Crippen molar-refractivity contribution >= 4 is 0 Å². The van der Waals surface area contributed by atoms with Crippen molar-refractivity contribution in [3.8, 4) is 0 Å². The zero-order valence-electron chi connectivity index (χ0n) is 12.0. The Hall–Kier alpha value is -0.120. The number of nitrogens with zero attached hydrogens (tertiary/aromatic N) is 2. The van der Waals surface area contributed by atoms with Crippen LogP contribution in [0.4, 0.5) is 0 Å². The second-order valence-corrected chi connectivity index (χ2v) is 4.93. The summed E-state index contributed by atoms with van der Waals surface area (Å²) in [6, 6.07) is 1.38. The Morgan fingerprint density at radius 3 is 1.62 bits per heavy atom. The molecule has 0 spiro atoms. The fourth-order valence-electron chi connectivity index (χ4n) is 1.98. The maximum absolute atomic E-state index is 5.10. The molecule has 3 nitrogen and oxygen atoms in total. The van der Waals surface area contributed by atoms with Gasteiger partial charge in [-0.15, -0.1) is 0 Å². The first kappa shape index (κ1) is 15.9. The Kier molecular flexibility index (Phi) is 8.90. The Bertz CT molecular complexity index is 146. The third-order valence-corrected chi connectivity index (χ3v) is 2.93. The SMILES string of the molecule is CCN(C(C)C)C(C)C.CN1CCOCC1. The molecule has 1 aliphatic heterocycles. The number of hydrogen-bond donors (Lipinski definition) is 0. The zero-order valence-corrected chi connectivity index (χ0v) is 12.0. The van der Waals surface area contributed by atoms with Crippen molar-refractivity contribution in [3.05, 3.63) is 0 Å². The van der Waals surface area contributed by atoms with Gasteiger partial charge in [-0.2, -0.15) is 0 Å². The topological polar surface area (TPSA) is 15.7 Å². The molecule has 16 heavy (non-hydrogen) atoms. The lowest BCUT2D eigenvalue weighted by atomic mass is 10.2. The van der Waals surface area contributed by atoms with E-state index >= 15 is 0 Å². The van der Waals surface area contributed by atoms with Crippen molar-refractivity contribution in [1.29, 1.82) is 0 Å². The van der Waals surface area contributed by atoms with E-state index in [1.54, 1.807) is 0 Å². The first-order chi connectivity index (χ1) is 7.49. The standard InChI is InChI=1S/C8H19N.C5H11NO/c1-6-9(7(2)3)8(4)5;1-6-2-4-7-5-3-6/h7-8H,6H2,1-5H3;2-5H2,1H3. The van der Waals surface area contributed by atoms with Crippen LogP contribution in [-0.2, 0) is 4.74 Å². The summed E-state index contributed by atoms with van der Waals surface area (Å²) in [7, 11) is 2.11. The van der Waals surface area contributed by atoms with Crippen LogP contribution in [0.25, 0.3) is 0 Å². The minimum atomic E-state index is 0.690. The summed E-state index contributed by atoms with van der Waals surface area (Å²) in [6.07, 6.45) is 0. The van der Waals surface area contributed by atoms with Crippen molar-refractivity contribution in [1.82, 2.24) is 9.80 Å². The molecule has 0 aromatic rings. The second-order valence-electron chi connectivity index (χ2n) is 4.93. The van der Waals surface area contributed by atoms with Crippen LogP contribution in [0.15, 0.2) is 0 Å². The molecular weight excluding hydrogens is 200 g/mol. The largest absolute Gasteiger partial charge is 0.379 e. The molecule has 0 aromatic carbocycles. The normalized spacial score (nSPS) is 17.8. The minimum absolute atomic E-state index is 0.690. The van der Waals surface area contributed by atoms with Crippen LogP contribution in [-0.4, -0.2) is 61.8 Å². The summed E-state index contributed by atoms with van der Waals surface area (Å²) in [5.41, 5.74) is 0. The van der Waals surface area contributed by atoms with Gasteiger partial charge in [0.05, 0.1) is 13.2 Å². The second kappa shape index (κ2) is 8.97. The summed E-state index contributed by atoms with van der Waals surface area (Å²) < 4.78 is 5.10. The van der Waals surface area contributed by atoms with E-state index in [4.69, 9.17) is 4.74 Å².